The summed E-state index contributed by atoms with van der Waals surface area (Å²) < 4.78 is 106. The van der Waals surface area contributed by atoms with Crippen molar-refractivity contribution in [3.63, 3.8) is 0 Å². The lowest BCUT2D eigenvalue weighted by molar-refractivity contribution is -0.140. The molecule has 75 heavy (non-hydrogen) atoms. The van der Waals surface area contributed by atoms with Gasteiger partial charge in [0.1, 0.15) is 35.5 Å². The third kappa shape index (κ3) is 12.1. The van der Waals surface area contributed by atoms with Crippen molar-refractivity contribution in [3.8, 4) is 34.5 Å². The first-order valence-electron chi connectivity index (χ1n) is 23.9. The van der Waals surface area contributed by atoms with Gasteiger partial charge in [-0.1, -0.05) is 41.4 Å². The largest absolute Gasteiger partial charge is 0.495 e. The number of carbonyl (C=O) groups is 1. The van der Waals surface area contributed by atoms with E-state index in [4.69, 9.17) is 19.7 Å². The zero-order chi connectivity index (χ0) is 53.0. The van der Waals surface area contributed by atoms with Crippen LogP contribution < -0.4 is 35.9 Å². The maximum atomic E-state index is 14.9. The quantitative estimate of drug-likeness (QED) is 0.0331. The maximum absolute atomic E-state index is 14.9. The van der Waals surface area contributed by atoms with Crippen LogP contribution in [0.2, 0.25) is 0 Å². The first-order chi connectivity index (χ1) is 35.9. The number of piperidine rings is 1. The van der Waals surface area contributed by atoms with E-state index in [2.05, 4.69) is 42.7 Å². The summed E-state index contributed by atoms with van der Waals surface area (Å²) in [4.78, 5) is 19.1. The van der Waals surface area contributed by atoms with Crippen LogP contribution in [0.1, 0.15) is 34.7 Å². The minimum atomic E-state index is -4.53. The van der Waals surface area contributed by atoms with Crippen LogP contribution in [0.5, 0.6) is 11.5 Å². The number of nitrogens with zero attached hydrogens (tertiary/aromatic N) is 5. The SMILES string of the molecule is COc1cc(S(=O)(=O)Nc2ccc(CNC(=O)COc3ccc(Cn4cnc5c(N)cc(-c6c(C)noc6C)cc54)cc3)cc2)ccc1NCC#Cc1cc2c(N[C@@H]3CCN(C)C[C@@H]3F)cccc2n1CC(F)(F)F. The molecule has 0 spiro atoms. The molecule has 3 aromatic heterocycles. The molecule has 0 radical (unpaired) electrons. The van der Waals surface area contributed by atoms with E-state index in [0.717, 1.165) is 32.5 Å². The lowest BCUT2D eigenvalue weighted by atomic mass is 10.0. The van der Waals surface area contributed by atoms with Crippen molar-refractivity contribution in [1.29, 1.82) is 0 Å². The number of fused-ring (bicyclic) bond motifs is 2. The van der Waals surface area contributed by atoms with Gasteiger partial charge in [0.15, 0.2) is 6.61 Å². The molecular weight excluding hydrogens is 993 g/mol. The minimum Gasteiger partial charge on any atom is -0.495 e. The van der Waals surface area contributed by atoms with Gasteiger partial charge in [0.2, 0.25) is 0 Å². The molecule has 8 aromatic rings. The van der Waals surface area contributed by atoms with E-state index in [9.17, 15) is 30.8 Å². The Labute approximate surface area is 430 Å². The summed E-state index contributed by atoms with van der Waals surface area (Å²) in [6.45, 7) is 3.85. The summed E-state index contributed by atoms with van der Waals surface area (Å²) in [5.74, 6) is 6.76. The molecule has 1 saturated heterocycles. The second kappa shape index (κ2) is 21.7. The van der Waals surface area contributed by atoms with Gasteiger partial charge in [-0.15, -0.1) is 0 Å². The molecule has 1 aliphatic rings. The molecule has 6 N–H and O–H groups in total. The van der Waals surface area contributed by atoms with E-state index in [-0.39, 0.29) is 54.2 Å². The molecule has 4 heterocycles. The fourth-order valence-electron chi connectivity index (χ4n) is 9.09. The highest BCUT2D eigenvalue weighted by atomic mass is 32.2. The predicted molar refractivity (Wildman–Crippen MR) is 280 cm³/mol. The lowest BCUT2D eigenvalue weighted by Gasteiger charge is -2.33. The van der Waals surface area contributed by atoms with Crippen molar-refractivity contribution < 1.29 is 44.8 Å². The number of carbonyl (C=O) groups excluding carboxylic acids is 1. The summed E-state index contributed by atoms with van der Waals surface area (Å²) in [5, 5.41) is 13.6. The molecule has 9 rings (SSSR count). The van der Waals surface area contributed by atoms with Crippen LogP contribution in [-0.4, -0.2) is 97.3 Å². The summed E-state index contributed by atoms with van der Waals surface area (Å²) in [6, 6.07) is 28.0. The Kier molecular flexibility index (Phi) is 15.0. The van der Waals surface area contributed by atoms with Gasteiger partial charge >= 0.3 is 6.18 Å². The van der Waals surface area contributed by atoms with Gasteiger partial charge in [-0.05, 0) is 117 Å². The van der Waals surface area contributed by atoms with Crippen LogP contribution in [0.4, 0.5) is 40.3 Å². The summed E-state index contributed by atoms with van der Waals surface area (Å²) in [6.07, 6.45) is -3.40. The molecule has 2 atom stereocenters. The van der Waals surface area contributed by atoms with Gasteiger partial charge in [0.25, 0.3) is 15.9 Å². The fraction of sp³-hybridized carbons (Fsp3) is 0.278. The summed E-state index contributed by atoms with van der Waals surface area (Å²) in [7, 11) is -0.881. The molecule has 0 saturated carbocycles. The van der Waals surface area contributed by atoms with E-state index in [1.165, 1.54) is 25.3 Å². The zero-order valence-electron chi connectivity index (χ0n) is 41.4. The highest BCUT2D eigenvalue weighted by Gasteiger charge is 2.31. The number of nitrogen functional groups attached to an aromatic ring is 1. The van der Waals surface area contributed by atoms with Crippen molar-refractivity contribution in [3.05, 3.63) is 138 Å². The van der Waals surface area contributed by atoms with Crippen LogP contribution in [-0.2, 0) is 34.5 Å². The molecule has 5 aromatic carbocycles. The number of rotatable bonds is 17. The van der Waals surface area contributed by atoms with Crippen molar-refractivity contribution in [2.75, 3.05) is 61.5 Å². The van der Waals surface area contributed by atoms with Crippen LogP contribution in [0.15, 0.2) is 119 Å². The number of likely N-dealkylation sites (tertiary alicyclic amines) is 1. The van der Waals surface area contributed by atoms with Gasteiger partial charge in [0, 0.05) is 54.6 Å². The number of sulfonamides is 1. The summed E-state index contributed by atoms with van der Waals surface area (Å²) in [5.41, 5.74) is 14.4. The topological polar surface area (TPSA) is 196 Å². The molecule has 0 unspecified atom stereocenters. The number of benzene rings is 5. The van der Waals surface area contributed by atoms with Gasteiger partial charge in [-0.2, -0.15) is 13.2 Å². The monoisotopic (exact) mass is 1050 g/mol. The molecule has 390 valence electrons. The summed E-state index contributed by atoms with van der Waals surface area (Å²) >= 11 is 0. The Morgan fingerprint density at radius 2 is 1.73 bits per heavy atom. The van der Waals surface area contributed by atoms with Crippen molar-refractivity contribution >= 4 is 60.6 Å². The third-order valence-electron chi connectivity index (χ3n) is 12.9. The Morgan fingerprint density at radius 3 is 2.45 bits per heavy atom. The van der Waals surface area contributed by atoms with Crippen LogP contribution in [0.3, 0.4) is 0 Å². The lowest BCUT2D eigenvalue weighted by Crippen LogP contribution is -2.46. The molecule has 0 bridgehead atoms. The Morgan fingerprint density at radius 1 is 0.960 bits per heavy atom. The normalized spacial score (nSPS) is 15.1. The average Bonchev–Trinajstić information content (AvgIpc) is 4.06. The standard InChI is InChI=1S/C54H54F4N10O6S/c1-33-52(34(2)74-64-33)37-23-44(59)53-49(24-37)67(32-62-53)28-36-12-16-40(17-13-36)73-30-51(69)61-27-35-10-14-38(15-11-35)65-75(70,71)41-18-19-47(50(26-41)72-4)60-21-6-7-39-25-42-45(63-46-20-22-66(3)29-43(46)55)8-5-9-48(42)68(39)31-54(56,57)58/h5,8-19,23-26,32,43,46,60,63,65H,20-22,27-31,59H2,1-4H3,(H,61,69)/t43-,46+/m0/s1. The number of ether oxygens (including phenoxy) is 2. The van der Waals surface area contributed by atoms with Gasteiger partial charge < -0.3 is 49.7 Å². The van der Waals surface area contributed by atoms with E-state index in [0.29, 0.717) is 70.1 Å². The number of imidazole rings is 1. The molecule has 0 aliphatic carbocycles. The highest BCUT2D eigenvalue weighted by molar-refractivity contribution is 7.92. The first kappa shape index (κ1) is 51.7. The first-order valence-corrected chi connectivity index (χ1v) is 25.4. The van der Waals surface area contributed by atoms with Crippen LogP contribution in [0, 0.1) is 25.7 Å². The van der Waals surface area contributed by atoms with E-state index >= 15 is 0 Å². The average molecular weight is 1050 g/mol. The van der Waals surface area contributed by atoms with Crippen LogP contribution in [0.25, 0.3) is 33.1 Å². The number of halogens is 4. The smallest absolute Gasteiger partial charge is 0.406 e. The second-order valence-electron chi connectivity index (χ2n) is 18.3. The number of hydrogen-bond donors (Lipinski definition) is 5. The predicted octanol–water partition coefficient (Wildman–Crippen LogP) is 8.88. The number of nitrogens with one attached hydrogen (secondary N) is 4. The van der Waals surface area contributed by atoms with Crippen molar-refractivity contribution in [2.24, 2.45) is 0 Å². The number of hydrogen-bond acceptors (Lipinski definition) is 12. The number of alkyl halides is 4. The van der Waals surface area contributed by atoms with E-state index < -0.39 is 35.0 Å². The number of nitrogens with two attached hydrogens (primary N) is 1. The van der Waals surface area contributed by atoms with Gasteiger partial charge in [-0.3, -0.25) is 9.52 Å². The second-order valence-corrected chi connectivity index (χ2v) is 20.0. The zero-order valence-corrected chi connectivity index (χ0v) is 42.2. The number of anilines is 4. The van der Waals surface area contributed by atoms with Crippen molar-refractivity contribution in [2.45, 2.75) is 63.2 Å². The number of methoxy groups -OCH3 is 1. The molecule has 1 fully saturated rings. The molecular formula is C54H54F4N10O6S. The van der Waals surface area contributed by atoms with Gasteiger partial charge in [-0.25, -0.2) is 17.8 Å². The molecule has 21 heteroatoms. The molecule has 1 aliphatic heterocycles. The number of amides is 1. The highest BCUT2D eigenvalue weighted by Crippen LogP contribution is 2.35. The third-order valence-corrected chi connectivity index (χ3v) is 14.2. The minimum absolute atomic E-state index is 0.0240. The fourth-order valence-corrected chi connectivity index (χ4v) is 10.2. The number of aryl methyl sites for hydroxylation is 2. The maximum Gasteiger partial charge on any atom is 0.406 e. The van der Waals surface area contributed by atoms with Crippen LogP contribution >= 0.6 is 0 Å². The Hall–Kier alpha value is -8.22. The Bertz CT molecular complexity index is 3530. The molecule has 16 nitrogen and oxygen atoms in total. The number of aromatic nitrogens is 4. The molecule has 1 amide bonds. The van der Waals surface area contributed by atoms with Gasteiger partial charge in [0.05, 0.1) is 64.7 Å². The Balaban J connectivity index is 0.759. The van der Waals surface area contributed by atoms with E-state index in [1.807, 2.05) is 54.6 Å². The van der Waals surface area contributed by atoms with Crippen molar-refractivity contribution in [1.82, 2.24) is 29.5 Å². The van der Waals surface area contributed by atoms with E-state index in [1.54, 1.807) is 67.0 Å².